The molecule has 2 nitrogen and oxygen atoms in total. The molecule has 0 aliphatic rings. The van der Waals surface area contributed by atoms with Crippen LogP contribution in [0.5, 0.6) is 0 Å². The van der Waals surface area contributed by atoms with Crippen molar-refractivity contribution in [2.45, 2.75) is 19.9 Å². The molecule has 0 radical (unpaired) electrons. The normalized spacial score (nSPS) is 13.1. The highest BCUT2D eigenvalue weighted by atomic mass is 32.1. The molecule has 3 aromatic rings. The van der Waals surface area contributed by atoms with Crippen LogP contribution in [0.4, 0.5) is 0 Å². The predicted octanol–water partition coefficient (Wildman–Crippen LogP) is 4.16. The molecule has 0 aliphatic carbocycles. The SMILES string of the molecule is Cc1ccsc1C(N)c1cc2cccc(C)c2o1. The Balaban J connectivity index is 2.10. The van der Waals surface area contributed by atoms with Gasteiger partial charge in [-0.2, -0.15) is 0 Å². The number of rotatable bonds is 2. The quantitative estimate of drug-likeness (QED) is 0.748. The van der Waals surface area contributed by atoms with E-state index in [0.29, 0.717) is 0 Å². The van der Waals surface area contributed by atoms with E-state index >= 15 is 0 Å². The smallest absolute Gasteiger partial charge is 0.137 e. The molecule has 2 heterocycles. The summed E-state index contributed by atoms with van der Waals surface area (Å²) >= 11 is 1.68. The molecule has 92 valence electrons. The average molecular weight is 257 g/mol. The molecule has 0 fully saturated rings. The van der Waals surface area contributed by atoms with Crippen molar-refractivity contribution in [2.24, 2.45) is 5.73 Å². The third kappa shape index (κ3) is 1.76. The Morgan fingerprint density at radius 2 is 2.00 bits per heavy atom. The fraction of sp³-hybridized carbons (Fsp3) is 0.200. The first-order valence-electron chi connectivity index (χ1n) is 5.95. The van der Waals surface area contributed by atoms with Gasteiger partial charge in [0.05, 0.1) is 6.04 Å². The number of para-hydroxylation sites is 1. The van der Waals surface area contributed by atoms with Gasteiger partial charge in [-0.1, -0.05) is 18.2 Å². The molecular formula is C15H15NOS. The monoisotopic (exact) mass is 257 g/mol. The molecule has 0 saturated carbocycles. The van der Waals surface area contributed by atoms with Crippen molar-refractivity contribution in [3.05, 3.63) is 57.5 Å². The van der Waals surface area contributed by atoms with E-state index in [1.807, 2.05) is 12.1 Å². The molecule has 0 spiro atoms. The summed E-state index contributed by atoms with van der Waals surface area (Å²) in [6.07, 6.45) is 0. The van der Waals surface area contributed by atoms with E-state index in [0.717, 1.165) is 22.3 Å². The van der Waals surface area contributed by atoms with Gasteiger partial charge in [0.1, 0.15) is 11.3 Å². The van der Waals surface area contributed by atoms with Gasteiger partial charge in [-0.15, -0.1) is 11.3 Å². The first-order valence-corrected chi connectivity index (χ1v) is 6.83. The van der Waals surface area contributed by atoms with Crippen LogP contribution in [0.15, 0.2) is 40.1 Å². The molecule has 0 amide bonds. The Kier molecular flexibility index (Phi) is 2.73. The second kappa shape index (κ2) is 4.26. The maximum atomic E-state index is 6.29. The first-order chi connectivity index (χ1) is 8.66. The van der Waals surface area contributed by atoms with Crippen molar-refractivity contribution in [1.82, 2.24) is 0 Å². The fourth-order valence-electron chi connectivity index (χ4n) is 2.21. The third-order valence-corrected chi connectivity index (χ3v) is 4.35. The zero-order chi connectivity index (χ0) is 12.7. The van der Waals surface area contributed by atoms with Gasteiger partial charge in [-0.05, 0) is 42.5 Å². The van der Waals surface area contributed by atoms with Crippen LogP contribution in [0, 0.1) is 13.8 Å². The maximum Gasteiger partial charge on any atom is 0.137 e. The van der Waals surface area contributed by atoms with Crippen LogP contribution in [0.1, 0.15) is 27.8 Å². The number of fused-ring (bicyclic) bond motifs is 1. The van der Waals surface area contributed by atoms with Gasteiger partial charge in [0.25, 0.3) is 0 Å². The highest BCUT2D eigenvalue weighted by Gasteiger charge is 2.17. The number of furan rings is 1. The Bertz CT molecular complexity index is 695. The minimum absolute atomic E-state index is 0.170. The Morgan fingerprint density at radius 3 is 2.67 bits per heavy atom. The lowest BCUT2D eigenvalue weighted by molar-refractivity contribution is 0.525. The van der Waals surface area contributed by atoms with E-state index in [-0.39, 0.29) is 6.04 Å². The molecule has 0 saturated heterocycles. The molecule has 0 bridgehead atoms. The summed E-state index contributed by atoms with van der Waals surface area (Å²) in [4.78, 5) is 1.17. The number of hydrogen-bond donors (Lipinski definition) is 1. The van der Waals surface area contributed by atoms with Gasteiger partial charge < -0.3 is 10.2 Å². The molecule has 18 heavy (non-hydrogen) atoms. The number of benzene rings is 1. The molecule has 1 atom stereocenters. The summed E-state index contributed by atoms with van der Waals surface area (Å²) in [5, 5.41) is 3.19. The summed E-state index contributed by atoms with van der Waals surface area (Å²) in [7, 11) is 0. The zero-order valence-corrected chi connectivity index (χ0v) is 11.3. The summed E-state index contributed by atoms with van der Waals surface area (Å²) in [5.74, 6) is 0.838. The van der Waals surface area contributed by atoms with Crippen molar-refractivity contribution in [3.63, 3.8) is 0 Å². The number of hydrogen-bond acceptors (Lipinski definition) is 3. The average Bonchev–Trinajstić information content (AvgIpc) is 2.95. The summed E-state index contributed by atoms with van der Waals surface area (Å²) in [6, 6.07) is 10.1. The highest BCUT2D eigenvalue weighted by molar-refractivity contribution is 7.10. The Hall–Kier alpha value is -1.58. The number of thiophene rings is 1. The zero-order valence-electron chi connectivity index (χ0n) is 10.4. The predicted molar refractivity (Wildman–Crippen MR) is 76.0 cm³/mol. The van der Waals surface area contributed by atoms with Crippen molar-refractivity contribution < 1.29 is 4.42 Å². The lowest BCUT2D eigenvalue weighted by atomic mass is 10.1. The van der Waals surface area contributed by atoms with Gasteiger partial charge in [0.2, 0.25) is 0 Å². The van der Waals surface area contributed by atoms with Crippen LogP contribution in [-0.2, 0) is 0 Å². The van der Waals surface area contributed by atoms with Crippen LogP contribution in [-0.4, -0.2) is 0 Å². The minimum atomic E-state index is -0.170. The van der Waals surface area contributed by atoms with E-state index < -0.39 is 0 Å². The third-order valence-electron chi connectivity index (χ3n) is 3.25. The molecule has 1 aromatic carbocycles. The molecule has 2 aromatic heterocycles. The van der Waals surface area contributed by atoms with E-state index in [1.54, 1.807) is 11.3 Å². The molecule has 2 N–H and O–H groups in total. The van der Waals surface area contributed by atoms with Gasteiger partial charge in [-0.3, -0.25) is 0 Å². The number of nitrogens with two attached hydrogens (primary N) is 1. The highest BCUT2D eigenvalue weighted by Crippen LogP contribution is 2.32. The lowest BCUT2D eigenvalue weighted by Crippen LogP contribution is -2.10. The van der Waals surface area contributed by atoms with Crippen LogP contribution >= 0.6 is 11.3 Å². The Morgan fingerprint density at radius 1 is 1.17 bits per heavy atom. The standard InChI is InChI=1S/C15H15NOS/c1-9-4-3-5-11-8-12(17-14(9)11)13(16)15-10(2)6-7-18-15/h3-8,13H,16H2,1-2H3. The van der Waals surface area contributed by atoms with Crippen LogP contribution in [0.2, 0.25) is 0 Å². The van der Waals surface area contributed by atoms with Gasteiger partial charge >= 0.3 is 0 Å². The first kappa shape index (κ1) is 11.5. The largest absolute Gasteiger partial charge is 0.459 e. The molecule has 3 heteroatoms. The summed E-state index contributed by atoms with van der Waals surface area (Å²) < 4.78 is 5.92. The molecular weight excluding hydrogens is 242 g/mol. The van der Waals surface area contributed by atoms with E-state index in [9.17, 15) is 0 Å². The van der Waals surface area contributed by atoms with Crippen LogP contribution in [0.25, 0.3) is 11.0 Å². The summed E-state index contributed by atoms with van der Waals surface area (Å²) in [5.41, 5.74) is 9.61. The van der Waals surface area contributed by atoms with Gasteiger partial charge in [0.15, 0.2) is 0 Å². The summed E-state index contributed by atoms with van der Waals surface area (Å²) in [6.45, 7) is 4.14. The molecule has 0 aliphatic heterocycles. The number of aryl methyl sites for hydroxylation is 2. The molecule has 3 rings (SSSR count). The van der Waals surface area contributed by atoms with Gasteiger partial charge in [-0.25, -0.2) is 0 Å². The van der Waals surface area contributed by atoms with E-state index in [4.69, 9.17) is 10.2 Å². The van der Waals surface area contributed by atoms with Crippen molar-refractivity contribution >= 4 is 22.3 Å². The maximum absolute atomic E-state index is 6.29. The minimum Gasteiger partial charge on any atom is -0.459 e. The van der Waals surface area contributed by atoms with E-state index in [2.05, 4.69) is 37.4 Å². The second-order valence-corrected chi connectivity index (χ2v) is 5.54. The van der Waals surface area contributed by atoms with E-state index in [1.165, 1.54) is 10.4 Å². The topological polar surface area (TPSA) is 39.2 Å². The van der Waals surface area contributed by atoms with Crippen molar-refractivity contribution in [2.75, 3.05) is 0 Å². The van der Waals surface area contributed by atoms with Crippen LogP contribution < -0.4 is 5.73 Å². The van der Waals surface area contributed by atoms with Crippen LogP contribution in [0.3, 0.4) is 0 Å². The lowest BCUT2D eigenvalue weighted by Gasteiger charge is -2.07. The van der Waals surface area contributed by atoms with Crippen molar-refractivity contribution in [1.29, 1.82) is 0 Å². The molecule has 1 unspecified atom stereocenters. The second-order valence-electron chi connectivity index (χ2n) is 4.59. The van der Waals surface area contributed by atoms with Crippen molar-refractivity contribution in [3.8, 4) is 0 Å². The fourth-order valence-corrected chi connectivity index (χ4v) is 3.15. The Labute approximate surface area is 110 Å². The van der Waals surface area contributed by atoms with Gasteiger partial charge in [0, 0.05) is 10.3 Å².